The number of para-hydroxylation sites is 1. The van der Waals surface area contributed by atoms with Gasteiger partial charge in [-0.15, -0.1) is 0 Å². The zero-order valence-electron chi connectivity index (χ0n) is 17.6. The predicted octanol–water partition coefficient (Wildman–Crippen LogP) is 4.99. The van der Waals surface area contributed by atoms with E-state index >= 15 is 0 Å². The Morgan fingerprint density at radius 1 is 1.10 bits per heavy atom. The van der Waals surface area contributed by atoms with Crippen molar-refractivity contribution in [2.24, 2.45) is 0 Å². The summed E-state index contributed by atoms with van der Waals surface area (Å²) < 4.78 is 17.9. The lowest BCUT2D eigenvalue weighted by Crippen LogP contribution is -2.22. The Hall–Kier alpha value is -2.51. The fourth-order valence-corrected chi connectivity index (χ4v) is 4.10. The van der Waals surface area contributed by atoms with Crippen molar-refractivity contribution in [3.63, 3.8) is 0 Å². The maximum absolute atomic E-state index is 12.3. The van der Waals surface area contributed by atoms with Crippen molar-refractivity contribution in [2.45, 2.75) is 20.3 Å². The number of ether oxygens (including phenoxy) is 3. The zero-order chi connectivity index (χ0) is 21.7. The Labute approximate surface area is 187 Å². The molecule has 1 saturated heterocycles. The smallest absolute Gasteiger partial charge is 0.265 e. The first-order valence-corrected chi connectivity index (χ1v) is 10.8. The van der Waals surface area contributed by atoms with Crippen LogP contribution in [-0.4, -0.2) is 42.5 Å². The molecule has 0 radical (unpaired) electrons. The summed E-state index contributed by atoms with van der Waals surface area (Å²) in [5.41, 5.74) is 3.06. The highest BCUT2D eigenvalue weighted by Gasteiger charge is 2.29. The lowest BCUT2D eigenvalue weighted by molar-refractivity contribution is -0.121. The molecule has 2 aromatic rings. The minimum Gasteiger partial charge on any atom is -0.493 e. The lowest BCUT2D eigenvalue weighted by atomic mass is 10.1. The number of carbonyl (C=O) groups excluding carboxylic acids is 1. The van der Waals surface area contributed by atoms with E-state index in [-0.39, 0.29) is 5.91 Å². The van der Waals surface area contributed by atoms with E-state index in [0.717, 1.165) is 16.9 Å². The third kappa shape index (κ3) is 5.15. The molecule has 0 bridgehead atoms. The summed E-state index contributed by atoms with van der Waals surface area (Å²) in [5, 5.41) is 0. The third-order valence-electron chi connectivity index (χ3n) is 4.64. The lowest BCUT2D eigenvalue weighted by Gasteiger charge is -2.14. The Bertz CT molecular complexity index is 987. The number of thioether (sulfide) groups is 1. The zero-order valence-corrected chi connectivity index (χ0v) is 19.2. The molecule has 1 aliphatic heterocycles. The van der Waals surface area contributed by atoms with Crippen LogP contribution in [0.1, 0.15) is 23.1 Å². The Morgan fingerprint density at radius 2 is 1.87 bits per heavy atom. The molecule has 0 aliphatic carbocycles. The number of amides is 1. The van der Waals surface area contributed by atoms with Crippen LogP contribution in [0.3, 0.4) is 0 Å². The molecule has 158 valence electrons. The Morgan fingerprint density at radius 3 is 2.57 bits per heavy atom. The van der Waals surface area contributed by atoms with E-state index in [1.807, 2.05) is 38.1 Å². The van der Waals surface area contributed by atoms with Crippen LogP contribution in [0.5, 0.6) is 17.2 Å². The molecule has 2 aromatic carbocycles. The maximum atomic E-state index is 12.3. The highest BCUT2D eigenvalue weighted by molar-refractivity contribution is 8.26. The van der Waals surface area contributed by atoms with Gasteiger partial charge < -0.3 is 14.2 Å². The average Bonchev–Trinajstić information content (AvgIpc) is 2.97. The third-order valence-corrected chi connectivity index (χ3v) is 6.12. The molecule has 1 heterocycles. The van der Waals surface area contributed by atoms with Crippen LogP contribution in [0.15, 0.2) is 41.3 Å². The minimum absolute atomic E-state index is 0.110. The van der Waals surface area contributed by atoms with Gasteiger partial charge in [0.1, 0.15) is 10.1 Å². The molecule has 0 atom stereocenters. The van der Waals surface area contributed by atoms with E-state index in [1.165, 1.54) is 22.2 Å². The van der Waals surface area contributed by atoms with Crippen LogP contribution in [0, 0.1) is 13.8 Å². The number of benzene rings is 2. The summed E-state index contributed by atoms with van der Waals surface area (Å²) in [6, 6.07) is 11.8. The van der Waals surface area contributed by atoms with E-state index in [9.17, 15) is 4.79 Å². The molecule has 0 saturated carbocycles. The summed E-state index contributed by atoms with van der Waals surface area (Å²) >= 11 is 6.49. The largest absolute Gasteiger partial charge is 0.493 e. The van der Waals surface area contributed by atoms with Crippen LogP contribution in [-0.2, 0) is 4.79 Å². The summed E-state index contributed by atoms with van der Waals surface area (Å²) in [6.45, 7) is 5.08. The molecular formula is C23H25NO4S2. The van der Waals surface area contributed by atoms with E-state index in [4.69, 9.17) is 26.4 Å². The normalized spacial score (nSPS) is 15.1. The van der Waals surface area contributed by atoms with Gasteiger partial charge in [0.15, 0.2) is 11.5 Å². The van der Waals surface area contributed by atoms with Gasteiger partial charge in [0.2, 0.25) is 0 Å². The highest BCUT2D eigenvalue weighted by Crippen LogP contribution is 2.37. The van der Waals surface area contributed by atoms with Gasteiger partial charge in [-0.05, 0) is 43.2 Å². The number of nitrogens with zero attached hydrogens (tertiary/aromatic N) is 1. The Balaban J connectivity index is 1.66. The van der Waals surface area contributed by atoms with Gasteiger partial charge in [0.05, 0.1) is 25.2 Å². The van der Waals surface area contributed by atoms with Crippen LogP contribution in [0.4, 0.5) is 0 Å². The first-order chi connectivity index (χ1) is 14.4. The maximum Gasteiger partial charge on any atom is 0.265 e. The van der Waals surface area contributed by atoms with E-state index in [2.05, 4.69) is 12.1 Å². The van der Waals surface area contributed by atoms with Crippen LogP contribution < -0.4 is 14.2 Å². The van der Waals surface area contributed by atoms with Crippen molar-refractivity contribution in [2.75, 3.05) is 27.4 Å². The first-order valence-electron chi connectivity index (χ1n) is 9.62. The van der Waals surface area contributed by atoms with Crippen molar-refractivity contribution in [3.8, 4) is 17.2 Å². The molecule has 3 rings (SSSR count). The second kappa shape index (κ2) is 10.00. The molecular weight excluding hydrogens is 418 g/mol. The second-order valence-electron chi connectivity index (χ2n) is 6.94. The minimum atomic E-state index is -0.110. The van der Waals surface area contributed by atoms with Crippen LogP contribution >= 0.6 is 24.0 Å². The molecule has 1 amide bonds. The van der Waals surface area contributed by atoms with Crippen LogP contribution in [0.25, 0.3) is 6.08 Å². The van der Waals surface area contributed by atoms with Gasteiger partial charge in [-0.25, -0.2) is 0 Å². The summed E-state index contributed by atoms with van der Waals surface area (Å²) in [6.07, 6.45) is 2.51. The molecule has 0 spiro atoms. The van der Waals surface area contributed by atoms with E-state index in [1.54, 1.807) is 20.2 Å². The number of carbonyl (C=O) groups is 1. The van der Waals surface area contributed by atoms with Gasteiger partial charge in [-0.3, -0.25) is 9.69 Å². The number of hydrogen-bond acceptors (Lipinski definition) is 6. The van der Waals surface area contributed by atoms with Gasteiger partial charge in [0, 0.05) is 19.0 Å². The molecule has 0 N–H and O–H groups in total. The van der Waals surface area contributed by atoms with E-state index in [0.29, 0.717) is 40.4 Å². The quantitative estimate of drug-likeness (QED) is 0.325. The summed E-state index contributed by atoms with van der Waals surface area (Å²) in [4.78, 5) is 14.4. The first kappa shape index (κ1) is 22.2. The standard InChI is InChI=1S/C23H25NO4S2/c1-15-9-10-16(2)19(13-15)27-11-6-12-28-21-17(7-5-8-18(21)26-4)14-20-22(25)24(3)23(29)30-20/h5,7-10,13-14H,6,11-12H2,1-4H3. The Kier molecular flexibility index (Phi) is 7.39. The second-order valence-corrected chi connectivity index (χ2v) is 8.61. The molecule has 0 unspecified atom stereocenters. The molecule has 1 fully saturated rings. The van der Waals surface area contributed by atoms with Gasteiger partial charge in [0.25, 0.3) is 5.91 Å². The van der Waals surface area contributed by atoms with Crippen molar-refractivity contribution in [1.82, 2.24) is 4.90 Å². The van der Waals surface area contributed by atoms with Crippen molar-refractivity contribution in [1.29, 1.82) is 0 Å². The number of methoxy groups -OCH3 is 1. The SMILES string of the molecule is COc1cccc(C=C2SC(=S)N(C)C2=O)c1OCCCOc1cc(C)ccc1C. The van der Waals surface area contributed by atoms with Gasteiger partial charge in [-0.2, -0.15) is 0 Å². The topological polar surface area (TPSA) is 48.0 Å². The fourth-order valence-electron chi connectivity index (χ4n) is 2.93. The molecule has 7 heteroatoms. The van der Waals surface area contributed by atoms with Crippen molar-refractivity contribution < 1.29 is 19.0 Å². The fraction of sp³-hybridized carbons (Fsp3) is 0.304. The number of likely N-dealkylation sites (N-methyl/N-ethyl adjacent to an activating group) is 1. The van der Waals surface area contributed by atoms with Gasteiger partial charge in [-0.1, -0.05) is 48.2 Å². The molecule has 1 aliphatic rings. The monoisotopic (exact) mass is 443 g/mol. The summed E-state index contributed by atoms with van der Waals surface area (Å²) in [7, 11) is 3.28. The molecule has 5 nitrogen and oxygen atoms in total. The van der Waals surface area contributed by atoms with E-state index < -0.39 is 0 Å². The molecule has 0 aromatic heterocycles. The van der Waals surface area contributed by atoms with Gasteiger partial charge >= 0.3 is 0 Å². The number of hydrogen-bond donors (Lipinski definition) is 0. The molecule has 30 heavy (non-hydrogen) atoms. The average molecular weight is 444 g/mol. The number of thiocarbonyl (C=S) groups is 1. The highest BCUT2D eigenvalue weighted by atomic mass is 32.2. The summed E-state index contributed by atoms with van der Waals surface area (Å²) in [5.74, 6) is 2.01. The predicted molar refractivity (Wildman–Crippen MR) is 125 cm³/mol. The van der Waals surface area contributed by atoms with Crippen molar-refractivity contribution >= 4 is 40.3 Å². The van der Waals surface area contributed by atoms with Crippen LogP contribution in [0.2, 0.25) is 0 Å². The van der Waals surface area contributed by atoms with Crippen molar-refractivity contribution in [3.05, 3.63) is 58.0 Å². The number of aryl methyl sites for hydroxylation is 2. The number of rotatable bonds is 8.